The summed E-state index contributed by atoms with van der Waals surface area (Å²) in [5.41, 5.74) is 2.85. The van der Waals surface area contributed by atoms with E-state index >= 15 is 0 Å². The fraction of sp³-hybridized carbons (Fsp3) is 0.500. The monoisotopic (exact) mass is 257 g/mol. The molecule has 1 aliphatic heterocycles. The minimum absolute atomic E-state index is 0.398. The first-order chi connectivity index (χ1) is 9.25. The van der Waals surface area contributed by atoms with Gasteiger partial charge in [0.2, 0.25) is 0 Å². The maximum Gasteiger partial charge on any atom is 0.107 e. The maximum atomic E-state index is 4.75. The summed E-state index contributed by atoms with van der Waals surface area (Å²) < 4.78 is 0. The Hall–Kier alpha value is -1.75. The lowest BCUT2D eigenvalue weighted by Gasteiger charge is -2.27. The highest BCUT2D eigenvalue weighted by atomic mass is 15.2. The minimum atomic E-state index is 0.398. The number of likely N-dealkylation sites (tertiary alicyclic amines) is 1. The Balaban J connectivity index is 1.91. The molecule has 100 valence electrons. The van der Waals surface area contributed by atoms with Crippen LogP contribution < -0.4 is 0 Å². The van der Waals surface area contributed by atoms with Crippen LogP contribution in [0.2, 0.25) is 0 Å². The number of hydrogen-bond donors (Lipinski definition) is 1. The summed E-state index contributed by atoms with van der Waals surface area (Å²) in [7, 11) is 0. The molecule has 3 heterocycles. The molecule has 2 aromatic rings. The average molecular weight is 257 g/mol. The maximum absolute atomic E-state index is 4.75. The number of rotatable bonds is 3. The predicted molar refractivity (Wildman–Crippen MR) is 73.4 cm³/mol. The molecule has 5 heteroatoms. The Labute approximate surface area is 113 Å². The molecule has 1 saturated heterocycles. The molecule has 1 N–H and O–H groups in total. The standard InChI is InChI=1S/C14H19N5/c1-10(2)19-7-3-4-14(19)13-9-15-8-12(17-13)11-5-6-16-18-11/h5-6,8-10,14H,3-4,7H2,1-2H3,(H,16,18). The van der Waals surface area contributed by atoms with Crippen LogP contribution in [0.5, 0.6) is 0 Å². The van der Waals surface area contributed by atoms with Gasteiger partial charge in [-0.3, -0.25) is 15.0 Å². The molecule has 1 unspecified atom stereocenters. The molecule has 0 aliphatic carbocycles. The van der Waals surface area contributed by atoms with Gasteiger partial charge in [-0.1, -0.05) is 0 Å². The zero-order chi connectivity index (χ0) is 13.2. The van der Waals surface area contributed by atoms with Gasteiger partial charge in [0.1, 0.15) is 5.69 Å². The smallest absolute Gasteiger partial charge is 0.107 e. The summed E-state index contributed by atoms with van der Waals surface area (Å²) in [5.74, 6) is 0. The van der Waals surface area contributed by atoms with Gasteiger partial charge < -0.3 is 0 Å². The predicted octanol–water partition coefficient (Wildman–Crippen LogP) is 2.41. The molecule has 0 saturated carbocycles. The summed E-state index contributed by atoms with van der Waals surface area (Å²) >= 11 is 0. The van der Waals surface area contributed by atoms with Gasteiger partial charge in [-0.25, -0.2) is 4.98 Å². The van der Waals surface area contributed by atoms with Crippen LogP contribution in [-0.4, -0.2) is 37.7 Å². The average Bonchev–Trinajstić information content (AvgIpc) is 3.10. The van der Waals surface area contributed by atoms with E-state index in [1.807, 2.05) is 12.3 Å². The van der Waals surface area contributed by atoms with Crippen molar-refractivity contribution in [1.29, 1.82) is 0 Å². The zero-order valence-electron chi connectivity index (χ0n) is 11.4. The van der Waals surface area contributed by atoms with Gasteiger partial charge >= 0.3 is 0 Å². The highest BCUT2D eigenvalue weighted by molar-refractivity contribution is 5.51. The van der Waals surface area contributed by atoms with Gasteiger partial charge in [-0.2, -0.15) is 5.10 Å². The van der Waals surface area contributed by atoms with Gasteiger partial charge in [-0.05, 0) is 39.3 Å². The van der Waals surface area contributed by atoms with Gasteiger partial charge in [-0.15, -0.1) is 0 Å². The van der Waals surface area contributed by atoms with Gasteiger partial charge in [0.25, 0.3) is 0 Å². The van der Waals surface area contributed by atoms with Gasteiger partial charge in [0.15, 0.2) is 0 Å². The van der Waals surface area contributed by atoms with Crippen molar-refractivity contribution >= 4 is 0 Å². The molecular weight excluding hydrogens is 238 g/mol. The van der Waals surface area contributed by atoms with Crippen molar-refractivity contribution in [3.63, 3.8) is 0 Å². The largest absolute Gasteiger partial charge is 0.292 e. The second-order valence-electron chi connectivity index (χ2n) is 5.29. The van der Waals surface area contributed by atoms with E-state index in [1.165, 1.54) is 12.8 Å². The second kappa shape index (κ2) is 5.09. The number of nitrogens with zero attached hydrogens (tertiary/aromatic N) is 4. The van der Waals surface area contributed by atoms with E-state index in [1.54, 1.807) is 12.4 Å². The quantitative estimate of drug-likeness (QED) is 0.917. The molecule has 0 bridgehead atoms. The zero-order valence-corrected chi connectivity index (χ0v) is 11.4. The van der Waals surface area contributed by atoms with Crippen molar-refractivity contribution in [3.05, 3.63) is 30.4 Å². The van der Waals surface area contributed by atoms with Crippen LogP contribution in [0.4, 0.5) is 0 Å². The minimum Gasteiger partial charge on any atom is -0.292 e. The summed E-state index contributed by atoms with van der Waals surface area (Å²) in [6, 6.07) is 2.86. The first-order valence-corrected chi connectivity index (χ1v) is 6.83. The Bertz CT molecular complexity index is 535. The molecule has 19 heavy (non-hydrogen) atoms. The highest BCUT2D eigenvalue weighted by Gasteiger charge is 2.29. The molecule has 2 aromatic heterocycles. The van der Waals surface area contributed by atoms with E-state index in [0.29, 0.717) is 12.1 Å². The Morgan fingerprint density at radius 1 is 1.37 bits per heavy atom. The second-order valence-corrected chi connectivity index (χ2v) is 5.29. The molecular formula is C14H19N5. The van der Waals surface area contributed by atoms with Crippen LogP contribution >= 0.6 is 0 Å². The molecule has 0 spiro atoms. The first-order valence-electron chi connectivity index (χ1n) is 6.83. The summed E-state index contributed by atoms with van der Waals surface area (Å²) in [5, 5.41) is 6.90. The third-order valence-corrected chi connectivity index (χ3v) is 3.73. The van der Waals surface area contributed by atoms with Crippen molar-refractivity contribution in [2.75, 3.05) is 6.54 Å². The Kier molecular flexibility index (Phi) is 3.29. The molecule has 0 aromatic carbocycles. The van der Waals surface area contributed by atoms with E-state index in [0.717, 1.165) is 23.6 Å². The first kappa shape index (κ1) is 12.3. The molecule has 5 nitrogen and oxygen atoms in total. The number of aromatic nitrogens is 4. The third-order valence-electron chi connectivity index (χ3n) is 3.73. The highest BCUT2D eigenvalue weighted by Crippen LogP contribution is 2.32. The third kappa shape index (κ3) is 2.38. The molecule has 1 atom stereocenters. The van der Waals surface area contributed by atoms with E-state index in [4.69, 9.17) is 4.98 Å². The van der Waals surface area contributed by atoms with E-state index in [-0.39, 0.29) is 0 Å². The number of aromatic amines is 1. The Morgan fingerprint density at radius 3 is 3.00 bits per heavy atom. The van der Waals surface area contributed by atoms with E-state index in [9.17, 15) is 0 Å². The van der Waals surface area contributed by atoms with Crippen molar-refractivity contribution in [3.8, 4) is 11.4 Å². The van der Waals surface area contributed by atoms with Crippen LogP contribution in [0, 0.1) is 0 Å². The lowest BCUT2D eigenvalue weighted by molar-refractivity contribution is 0.202. The number of H-pyrrole nitrogens is 1. The summed E-state index contributed by atoms with van der Waals surface area (Å²) in [4.78, 5) is 11.6. The van der Waals surface area contributed by atoms with Gasteiger partial charge in [0, 0.05) is 12.2 Å². The van der Waals surface area contributed by atoms with Crippen LogP contribution in [0.3, 0.4) is 0 Å². The van der Waals surface area contributed by atoms with E-state index < -0.39 is 0 Å². The van der Waals surface area contributed by atoms with Gasteiger partial charge in [0.05, 0.1) is 29.8 Å². The van der Waals surface area contributed by atoms with Crippen LogP contribution in [0.25, 0.3) is 11.4 Å². The van der Waals surface area contributed by atoms with Crippen molar-refractivity contribution in [2.45, 2.75) is 38.8 Å². The SMILES string of the molecule is CC(C)N1CCCC1c1cncc(-c2ccn[nH]2)n1. The normalized spacial score (nSPS) is 20.3. The summed E-state index contributed by atoms with van der Waals surface area (Å²) in [6.45, 7) is 5.63. The van der Waals surface area contributed by atoms with Crippen LogP contribution in [0.1, 0.15) is 38.4 Å². The van der Waals surface area contributed by atoms with E-state index in [2.05, 4.69) is 33.9 Å². The topological polar surface area (TPSA) is 57.7 Å². The Morgan fingerprint density at radius 2 is 2.26 bits per heavy atom. The molecule has 0 radical (unpaired) electrons. The van der Waals surface area contributed by atoms with Crippen LogP contribution in [0.15, 0.2) is 24.7 Å². The number of nitrogens with one attached hydrogen (secondary N) is 1. The van der Waals surface area contributed by atoms with Crippen molar-refractivity contribution in [2.24, 2.45) is 0 Å². The fourth-order valence-electron chi connectivity index (χ4n) is 2.79. The molecule has 0 amide bonds. The summed E-state index contributed by atoms with van der Waals surface area (Å²) in [6.07, 6.45) is 7.81. The van der Waals surface area contributed by atoms with Crippen molar-refractivity contribution in [1.82, 2.24) is 25.1 Å². The lowest BCUT2D eigenvalue weighted by atomic mass is 10.1. The van der Waals surface area contributed by atoms with Crippen LogP contribution in [-0.2, 0) is 0 Å². The fourth-order valence-corrected chi connectivity index (χ4v) is 2.79. The molecule has 3 rings (SSSR count). The molecule has 1 fully saturated rings. The van der Waals surface area contributed by atoms with Crippen molar-refractivity contribution < 1.29 is 0 Å². The lowest BCUT2D eigenvalue weighted by Crippen LogP contribution is -2.30. The number of hydrogen-bond acceptors (Lipinski definition) is 4. The molecule has 1 aliphatic rings.